The molecule has 1 aliphatic rings. The molecule has 1 rings (SSSR count). The number of hydrogen-bond acceptors (Lipinski definition) is 3. The van der Waals surface area contributed by atoms with E-state index in [0.29, 0.717) is 19.5 Å². The van der Waals surface area contributed by atoms with Crippen LogP contribution in [-0.2, 0) is 9.53 Å². The number of ether oxygens (including phenoxy) is 1. The predicted molar refractivity (Wildman–Crippen MR) is 66.4 cm³/mol. The Labute approximate surface area is 107 Å². The highest BCUT2D eigenvalue weighted by Crippen LogP contribution is 2.11. The second-order valence-electron chi connectivity index (χ2n) is 4.81. The van der Waals surface area contributed by atoms with E-state index >= 15 is 0 Å². The van der Waals surface area contributed by atoms with Crippen LogP contribution in [0.2, 0.25) is 0 Å². The Morgan fingerprint density at radius 2 is 1.94 bits per heavy atom. The number of hydrogen-bond donors (Lipinski definition) is 2. The van der Waals surface area contributed by atoms with Crippen LogP contribution in [-0.4, -0.2) is 53.3 Å². The summed E-state index contributed by atoms with van der Waals surface area (Å²) >= 11 is 0. The summed E-state index contributed by atoms with van der Waals surface area (Å²) in [5, 5.41) is 11.5. The zero-order chi connectivity index (χ0) is 13.7. The van der Waals surface area contributed by atoms with Gasteiger partial charge in [-0.1, -0.05) is 6.92 Å². The highest BCUT2D eigenvalue weighted by atomic mass is 16.5. The van der Waals surface area contributed by atoms with Crippen LogP contribution in [0.4, 0.5) is 4.79 Å². The van der Waals surface area contributed by atoms with Gasteiger partial charge in [-0.25, -0.2) is 4.79 Å². The molecule has 0 radical (unpaired) electrons. The molecule has 0 aromatic rings. The van der Waals surface area contributed by atoms with Gasteiger partial charge in [0.25, 0.3) is 0 Å². The number of urea groups is 1. The van der Waals surface area contributed by atoms with Crippen molar-refractivity contribution in [1.29, 1.82) is 0 Å². The molecule has 0 aromatic heterocycles. The van der Waals surface area contributed by atoms with E-state index in [1.165, 1.54) is 0 Å². The van der Waals surface area contributed by atoms with Crippen LogP contribution in [0.1, 0.15) is 33.6 Å². The van der Waals surface area contributed by atoms with E-state index in [1.807, 2.05) is 20.8 Å². The zero-order valence-electron chi connectivity index (χ0n) is 11.2. The van der Waals surface area contributed by atoms with Crippen molar-refractivity contribution in [2.75, 3.05) is 13.1 Å². The van der Waals surface area contributed by atoms with Crippen LogP contribution in [0, 0.1) is 0 Å². The van der Waals surface area contributed by atoms with Gasteiger partial charge in [-0.3, -0.25) is 4.79 Å². The van der Waals surface area contributed by atoms with Gasteiger partial charge in [-0.05, 0) is 20.3 Å². The smallest absolute Gasteiger partial charge is 0.317 e. The average Bonchev–Trinajstić information content (AvgIpc) is 2.26. The van der Waals surface area contributed by atoms with Gasteiger partial charge in [0.1, 0.15) is 0 Å². The molecule has 104 valence electrons. The second kappa shape index (κ2) is 6.58. The molecule has 1 heterocycles. The summed E-state index contributed by atoms with van der Waals surface area (Å²) in [4.78, 5) is 24.3. The SMILES string of the molecule is CCC(CC(=O)O)NC(=O)N1C[C@@H](C)O[C@@H](C)C1. The molecule has 1 aliphatic heterocycles. The summed E-state index contributed by atoms with van der Waals surface area (Å²) in [6, 6.07) is -0.520. The molecule has 18 heavy (non-hydrogen) atoms. The third-order valence-electron chi connectivity index (χ3n) is 2.95. The standard InChI is InChI=1S/C12H22N2O4/c1-4-10(5-11(15)16)13-12(17)14-6-8(2)18-9(3)7-14/h8-10H,4-7H2,1-3H3,(H,13,17)(H,15,16)/t8-,9+,10?. The largest absolute Gasteiger partial charge is 0.481 e. The van der Waals surface area contributed by atoms with Gasteiger partial charge in [0, 0.05) is 19.1 Å². The summed E-state index contributed by atoms with van der Waals surface area (Å²) in [6.07, 6.45) is 0.587. The molecular weight excluding hydrogens is 236 g/mol. The van der Waals surface area contributed by atoms with Crippen molar-refractivity contribution in [1.82, 2.24) is 10.2 Å². The Balaban J connectivity index is 2.50. The molecule has 3 atom stereocenters. The Bertz CT molecular complexity index is 298. The van der Waals surface area contributed by atoms with Gasteiger partial charge in [-0.15, -0.1) is 0 Å². The van der Waals surface area contributed by atoms with Crippen molar-refractivity contribution >= 4 is 12.0 Å². The number of carbonyl (C=O) groups is 2. The van der Waals surface area contributed by atoms with Crippen LogP contribution < -0.4 is 5.32 Å². The number of morpholine rings is 1. The minimum Gasteiger partial charge on any atom is -0.481 e. The highest BCUT2D eigenvalue weighted by Gasteiger charge is 2.27. The lowest BCUT2D eigenvalue weighted by Crippen LogP contribution is -2.53. The normalized spacial score (nSPS) is 25.6. The summed E-state index contributed by atoms with van der Waals surface area (Å²) in [5.41, 5.74) is 0. The number of carbonyl (C=O) groups excluding carboxylic acids is 1. The molecule has 1 saturated heterocycles. The van der Waals surface area contributed by atoms with Gasteiger partial charge < -0.3 is 20.1 Å². The van der Waals surface area contributed by atoms with Crippen LogP contribution in [0.15, 0.2) is 0 Å². The first kappa shape index (κ1) is 14.8. The Morgan fingerprint density at radius 3 is 2.39 bits per heavy atom. The summed E-state index contributed by atoms with van der Waals surface area (Å²) in [7, 11) is 0. The van der Waals surface area contributed by atoms with E-state index < -0.39 is 5.97 Å². The molecule has 0 saturated carbocycles. The molecule has 0 bridgehead atoms. The molecule has 6 heteroatoms. The maximum absolute atomic E-state index is 12.0. The second-order valence-corrected chi connectivity index (χ2v) is 4.81. The number of carboxylic acid groups (broad SMARTS) is 1. The topological polar surface area (TPSA) is 78.9 Å². The van der Waals surface area contributed by atoms with Crippen LogP contribution in [0.5, 0.6) is 0 Å². The maximum atomic E-state index is 12.0. The number of aliphatic carboxylic acids is 1. The van der Waals surface area contributed by atoms with Gasteiger partial charge in [0.2, 0.25) is 0 Å². The van der Waals surface area contributed by atoms with Crippen molar-refractivity contribution in [2.24, 2.45) is 0 Å². The molecule has 2 N–H and O–H groups in total. The van der Waals surface area contributed by atoms with E-state index in [2.05, 4.69) is 5.32 Å². The predicted octanol–water partition coefficient (Wildman–Crippen LogP) is 1.06. The molecule has 6 nitrogen and oxygen atoms in total. The van der Waals surface area contributed by atoms with Gasteiger partial charge >= 0.3 is 12.0 Å². The van der Waals surface area contributed by atoms with Crippen molar-refractivity contribution in [3.63, 3.8) is 0 Å². The molecule has 0 aliphatic carbocycles. The van der Waals surface area contributed by atoms with Gasteiger partial charge in [0.05, 0.1) is 18.6 Å². The third-order valence-corrected chi connectivity index (χ3v) is 2.95. The molecule has 2 amide bonds. The van der Waals surface area contributed by atoms with E-state index in [-0.39, 0.29) is 30.7 Å². The summed E-state index contributed by atoms with van der Waals surface area (Å²) < 4.78 is 5.55. The summed E-state index contributed by atoms with van der Waals surface area (Å²) in [5.74, 6) is -0.897. The Hall–Kier alpha value is -1.30. The van der Waals surface area contributed by atoms with E-state index in [0.717, 1.165) is 0 Å². The highest BCUT2D eigenvalue weighted by molar-refractivity contribution is 5.76. The lowest BCUT2D eigenvalue weighted by Gasteiger charge is -2.36. The molecule has 0 spiro atoms. The first-order chi connectivity index (χ1) is 8.42. The van der Waals surface area contributed by atoms with E-state index in [1.54, 1.807) is 4.90 Å². The fraction of sp³-hybridized carbons (Fsp3) is 0.833. The fourth-order valence-electron chi connectivity index (χ4n) is 2.12. The zero-order valence-corrected chi connectivity index (χ0v) is 11.2. The van der Waals surface area contributed by atoms with Crippen molar-refractivity contribution in [3.05, 3.63) is 0 Å². The number of rotatable bonds is 4. The quantitative estimate of drug-likeness (QED) is 0.790. The number of nitrogens with one attached hydrogen (secondary N) is 1. The minimum atomic E-state index is -0.897. The van der Waals surface area contributed by atoms with Crippen LogP contribution in [0.25, 0.3) is 0 Å². The average molecular weight is 258 g/mol. The lowest BCUT2D eigenvalue weighted by molar-refractivity contribution is -0.137. The number of carboxylic acids is 1. The van der Waals surface area contributed by atoms with Crippen LogP contribution in [0.3, 0.4) is 0 Å². The summed E-state index contributed by atoms with van der Waals surface area (Å²) in [6.45, 7) is 6.78. The molecule has 0 aromatic carbocycles. The number of amides is 2. The van der Waals surface area contributed by atoms with Crippen molar-refractivity contribution in [2.45, 2.75) is 51.9 Å². The first-order valence-electron chi connectivity index (χ1n) is 6.35. The number of nitrogens with zero attached hydrogens (tertiary/aromatic N) is 1. The third kappa shape index (κ3) is 4.52. The monoisotopic (exact) mass is 258 g/mol. The van der Waals surface area contributed by atoms with E-state index in [9.17, 15) is 9.59 Å². The molecular formula is C12H22N2O4. The van der Waals surface area contributed by atoms with Crippen molar-refractivity contribution in [3.8, 4) is 0 Å². The van der Waals surface area contributed by atoms with Gasteiger partial charge in [-0.2, -0.15) is 0 Å². The van der Waals surface area contributed by atoms with E-state index in [4.69, 9.17) is 9.84 Å². The molecule has 1 unspecified atom stereocenters. The molecule has 1 fully saturated rings. The maximum Gasteiger partial charge on any atom is 0.317 e. The van der Waals surface area contributed by atoms with Gasteiger partial charge in [0.15, 0.2) is 0 Å². The fourth-order valence-corrected chi connectivity index (χ4v) is 2.12. The minimum absolute atomic E-state index is 0.0130. The first-order valence-corrected chi connectivity index (χ1v) is 6.35. The Morgan fingerprint density at radius 1 is 1.39 bits per heavy atom. The Kier molecular flexibility index (Phi) is 5.40. The van der Waals surface area contributed by atoms with Crippen LogP contribution >= 0.6 is 0 Å². The van der Waals surface area contributed by atoms with Crippen molar-refractivity contribution < 1.29 is 19.4 Å². The lowest BCUT2D eigenvalue weighted by atomic mass is 10.1.